The van der Waals surface area contributed by atoms with Crippen LogP contribution in [-0.2, 0) is 0 Å². The van der Waals surface area contributed by atoms with Gasteiger partial charge < -0.3 is 10.6 Å². The molecule has 17 heavy (non-hydrogen) atoms. The zero-order valence-electron chi connectivity index (χ0n) is 10.4. The summed E-state index contributed by atoms with van der Waals surface area (Å²) in [4.78, 5) is 10.9. The number of piperidine rings is 1. The Kier molecular flexibility index (Phi) is 2.65. The Morgan fingerprint density at radius 2 is 2.00 bits per heavy atom. The number of aryl methyl sites for hydroxylation is 1. The quantitative estimate of drug-likeness (QED) is 0.804. The van der Waals surface area contributed by atoms with Crippen molar-refractivity contribution in [1.82, 2.24) is 9.97 Å². The van der Waals surface area contributed by atoms with Gasteiger partial charge in [0.1, 0.15) is 5.82 Å². The molecule has 0 aromatic carbocycles. The molecule has 1 saturated carbocycles. The first-order chi connectivity index (χ1) is 8.22. The van der Waals surface area contributed by atoms with Crippen LogP contribution in [0.25, 0.3) is 0 Å². The minimum Gasteiger partial charge on any atom is -0.368 e. The van der Waals surface area contributed by atoms with Crippen molar-refractivity contribution in [1.29, 1.82) is 0 Å². The van der Waals surface area contributed by atoms with Gasteiger partial charge in [-0.2, -0.15) is 4.98 Å². The largest absolute Gasteiger partial charge is 0.368 e. The van der Waals surface area contributed by atoms with Crippen LogP contribution in [0.5, 0.6) is 0 Å². The third-order valence-electron chi connectivity index (χ3n) is 4.11. The molecule has 2 unspecified atom stereocenters. The molecule has 2 atom stereocenters. The highest BCUT2D eigenvalue weighted by Gasteiger charge is 2.31. The Morgan fingerprint density at radius 3 is 2.71 bits per heavy atom. The zero-order valence-corrected chi connectivity index (χ0v) is 10.4. The van der Waals surface area contributed by atoms with E-state index in [-0.39, 0.29) is 0 Å². The number of rotatable bonds is 1. The first-order valence-corrected chi connectivity index (χ1v) is 6.56. The average Bonchev–Trinajstić information content (AvgIpc) is 2.32. The second-order valence-corrected chi connectivity index (χ2v) is 5.54. The van der Waals surface area contributed by atoms with Gasteiger partial charge in [-0.3, -0.25) is 0 Å². The molecule has 1 aliphatic carbocycles. The summed E-state index contributed by atoms with van der Waals surface area (Å²) >= 11 is 0. The average molecular weight is 232 g/mol. The highest BCUT2D eigenvalue weighted by Crippen LogP contribution is 2.36. The minimum absolute atomic E-state index is 0.390. The van der Waals surface area contributed by atoms with E-state index in [0.29, 0.717) is 5.95 Å². The number of nitrogen functional groups attached to an aromatic ring is 1. The van der Waals surface area contributed by atoms with Crippen LogP contribution >= 0.6 is 0 Å². The molecule has 1 aromatic rings. The predicted molar refractivity (Wildman–Crippen MR) is 68.8 cm³/mol. The summed E-state index contributed by atoms with van der Waals surface area (Å²) in [5.41, 5.74) is 6.84. The molecule has 0 radical (unpaired) electrons. The summed E-state index contributed by atoms with van der Waals surface area (Å²) in [6.07, 6.45) is 7.42. The number of aromatic nitrogens is 2. The molecule has 2 fully saturated rings. The Bertz CT molecular complexity index is 406. The molecule has 0 amide bonds. The molecule has 4 heteroatoms. The fraction of sp³-hybridized carbons (Fsp3) is 0.692. The topological polar surface area (TPSA) is 55.0 Å². The Hall–Kier alpha value is -1.32. The van der Waals surface area contributed by atoms with Gasteiger partial charge in [0.15, 0.2) is 0 Å². The van der Waals surface area contributed by atoms with Crippen molar-refractivity contribution in [2.24, 2.45) is 11.8 Å². The van der Waals surface area contributed by atoms with E-state index in [2.05, 4.69) is 21.8 Å². The van der Waals surface area contributed by atoms with Crippen molar-refractivity contribution in [3.8, 4) is 0 Å². The van der Waals surface area contributed by atoms with E-state index in [1.807, 2.05) is 6.20 Å². The molecule has 1 aromatic heterocycles. The third-order valence-corrected chi connectivity index (χ3v) is 4.11. The van der Waals surface area contributed by atoms with Crippen molar-refractivity contribution in [3.63, 3.8) is 0 Å². The number of hydrogen-bond acceptors (Lipinski definition) is 4. The maximum atomic E-state index is 5.70. The molecule has 0 spiro atoms. The van der Waals surface area contributed by atoms with E-state index in [1.165, 1.54) is 25.7 Å². The van der Waals surface area contributed by atoms with Gasteiger partial charge in [-0.1, -0.05) is 6.42 Å². The van der Waals surface area contributed by atoms with Crippen LogP contribution in [0.4, 0.5) is 11.8 Å². The summed E-state index contributed by atoms with van der Waals surface area (Å²) in [6, 6.07) is 0. The van der Waals surface area contributed by atoms with Crippen molar-refractivity contribution in [2.75, 3.05) is 23.7 Å². The maximum Gasteiger partial charge on any atom is 0.221 e. The monoisotopic (exact) mass is 232 g/mol. The van der Waals surface area contributed by atoms with Crippen LogP contribution in [0.2, 0.25) is 0 Å². The standard InChI is InChI=1S/C13H20N4/c1-9-6-15-13(14)16-12(9)17-7-10-3-2-4-11(5-10)8-17/h6,10-11H,2-5,7-8H2,1H3,(H2,14,15,16). The molecule has 3 rings (SSSR count). The summed E-state index contributed by atoms with van der Waals surface area (Å²) in [6.45, 7) is 4.36. The number of hydrogen-bond donors (Lipinski definition) is 1. The van der Waals surface area contributed by atoms with Crippen LogP contribution in [0.1, 0.15) is 31.2 Å². The third kappa shape index (κ3) is 2.08. The lowest BCUT2D eigenvalue weighted by Crippen LogP contribution is -2.43. The molecule has 1 saturated heterocycles. The summed E-state index contributed by atoms with van der Waals surface area (Å²) in [5, 5.41) is 0. The van der Waals surface area contributed by atoms with Crippen LogP contribution < -0.4 is 10.6 Å². The SMILES string of the molecule is Cc1cnc(N)nc1N1CC2CCCC(C2)C1. The molecule has 92 valence electrons. The summed E-state index contributed by atoms with van der Waals surface area (Å²) < 4.78 is 0. The molecule has 2 N–H and O–H groups in total. The van der Waals surface area contributed by atoms with Gasteiger partial charge in [-0.05, 0) is 38.0 Å². The minimum atomic E-state index is 0.390. The second kappa shape index (κ2) is 4.17. The highest BCUT2D eigenvalue weighted by molar-refractivity contribution is 5.48. The van der Waals surface area contributed by atoms with Crippen LogP contribution in [0.3, 0.4) is 0 Å². The van der Waals surface area contributed by atoms with Gasteiger partial charge in [-0.25, -0.2) is 4.98 Å². The van der Waals surface area contributed by atoms with Gasteiger partial charge in [0, 0.05) is 24.8 Å². The molecule has 1 aliphatic heterocycles. The van der Waals surface area contributed by atoms with E-state index in [9.17, 15) is 0 Å². The predicted octanol–water partition coefficient (Wildman–Crippen LogP) is 1.99. The molecule has 4 nitrogen and oxygen atoms in total. The first kappa shape index (κ1) is 10.8. The van der Waals surface area contributed by atoms with Crippen molar-refractivity contribution in [3.05, 3.63) is 11.8 Å². The summed E-state index contributed by atoms with van der Waals surface area (Å²) in [5.74, 6) is 3.16. The fourth-order valence-electron chi connectivity index (χ4n) is 3.37. The maximum absolute atomic E-state index is 5.70. The van der Waals surface area contributed by atoms with Crippen LogP contribution in [0.15, 0.2) is 6.20 Å². The van der Waals surface area contributed by atoms with Gasteiger partial charge in [0.05, 0.1) is 0 Å². The van der Waals surface area contributed by atoms with Gasteiger partial charge in [0.25, 0.3) is 0 Å². The van der Waals surface area contributed by atoms with E-state index >= 15 is 0 Å². The second-order valence-electron chi connectivity index (χ2n) is 5.54. The van der Waals surface area contributed by atoms with Crippen molar-refractivity contribution < 1.29 is 0 Å². The first-order valence-electron chi connectivity index (χ1n) is 6.56. The summed E-state index contributed by atoms with van der Waals surface area (Å²) in [7, 11) is 0. The Morgan fingerprint density at radius 1 is 1.29 bits per heavy atom. The molecule has 2 bridgehead atoms. The van der Waals surface area contributed by atoms with E-state index in [1.54, 1.807) is 0 Å². The van der Waals surface area contributed by atoms with Crippen molar-refractivity contribution in [2.45, 2.75) is 32.6 Å². The van der Waals surface area contributed by atoms with Gasteiger partial charge in [-0.15, -0.1) is 0 Å². The molecule has 2 aliphatic rings. The Balaban J connectivity index is 1.86. The molecule has 2 heterocycles. The van der Waals surface area contributed by atoms with E-state index < -0.39 is 0 Å². The van der Waals surface area contributed by atoms with E-state index in [4.69, 9.17) is 5.73 Å². The van der Waals surface area contributed by atoms with Gasteiger partial charge >= 0.3 is 0 Å². The number of fused-ring (bicyclic) bond motifs is 2. The lowest BCUT2D eigenvalue weighted by molar-refractivity contribution is 0.230. The van der Waals surface area contributed by atoms with Gasteiger partial charge in [0.2, 0.25) is 5.95 Å². The van der Waals surface area contributed by atoms with Crippen molar-refractivity contribution >= 4 is 11.8 Å². The normalized spacial score (nSPS) is 28.2. The zero-order chi connectivity index (χ0) is 11.8. The van der Waals surface area contributed by atoms with E-state index in [0.717, 1.165) is 36.3 Å². The number of nitrogens with zero attached hydrogens (tertiary/aromatic N) is 3. The number of anilines is 2. The molecular weight excluding hydrogens is 212 g/mol. The number of nitrogens with two attached hydrogens (primary N) is 1. The fourth-order valence-corrected chi connectivity index (χ4v) is 3.37. The lowest BCUT2D eigenvalue weighted by Gasteiger charge is -2.42. The smallest absolute Gasteiger partial charge is 0.221 e. The van der Waals surface area contributed by atoms with Crippen LogP contribution in [-0.4, -0.2) is 23.1 Å². The lowest BCUT2D eigenvalue weighted by atomic mass is 9.78. The highest BCUT2D eigenvalue weighted by atomic mass is 15.2. The van der Waals surface area contributed by atoms with Crippen LogP contribution in [0, 0.1) is 18.8 Å². The molecular formula is C13H20N4. The Labute approximate surface area is 102 Å².